The van der Waals surface area contributed by atoms with E-state index in [0.717, 1.165) is 88.2 Å². The molecule has 0 unspecified atom stereocenters. The summed E-state index contributed by atoms with van der Waals surface area (Å²) in [7, 11) is 0. The Balaban J connectivity index is 1.10. The molecular weight excluding hydrogens is 396 g/mol. The van der Waals surface area contributed by atoms with Gasteiger partial charge in [0.05, 0.1) is 4.70 Å². The quantitative estimate of drug-likeness (QED) is 0.584. The molecule has 7 heteroatoms. The number of aromatic nitrogens is 2. The molecule has 2 aromatic heterocycles. The number of hydrogen-bond donors (Lipinski definition) is 2. The summed E-state index contributed by atoms with van der Waals surface area (Å²) in [6.07, 6.45) is 6.02. The van der Waals surface area contributed by atoms with Gasteiger partial charge in [0.1, 0.15) is 5.82 Å². The second-order valence-electron chi connectivity index (χ2n) is 8.50. The number of piperazine rings is 1. The molecule has 3 heterocycles. The van der Waals surface area contributed by atoms with E-state index in [1.54, 1.807) is 16.1 Å². The van der Waals surface area contributed by atoms with Gasteiger partial charge in [-0.15, -0.1) is 0 Å². The van der Waals surface area contributed by atoms with Crippen molar-refractivity contribution in [3.05, 3.63) is 35.4 Å². The number of fused-ring (bicyclic) bond motifs is 2. The van der Waals surface area contributed by atoms with Gasteiger partial charge in [0, 0.05) is 49.2 Å². The van der Waals surface area contributed by atoms with Crippen LogP contribution in [0.1, 0.15) is 36.8 Å². The number of hydrogen-bond acceptors (Lipinski definition) is 6. The minimum absolute atomic E-state index is 0.298. The van der Waals surface area contributed by atoms with Crippen LogP contribution in [0.2, 0.25) is 0 Å². The largest absolute Gasteiger partial charge is 0.494 e. The second kappa shape index (κ2) is 8.47. The van der Waals surface area contributed by atoms with Gasteiger partial charge in [0.15, 0.2) is 11.8 Å². The number of anilines is 1. The smallest absolute Gasteiger partial charge is 0.197 e. The van der Waals surface area contributed by atoms with Crippen LogP contribution in [0.15, 0.2) is 24.3 Å². The number of nitrogens with zero attached hydrogens (tertiary/aromatic N) is 4. The van der Waals surface area contributed by atoms with Gasteiger partial charge < -0.3 is 15.1 Å². The molecule has 3 aromatic rings. The summed E-state index contributed by atoms with van der Waals surface area (Å²) < 4.78 is 7.68. The average Bonchev–Trinajstić information content (AvgIpc) is 3.32. The van der Waals surface area contributed by atoms with Crippen molar-refractivity contribution in [1.82, 2.24) is 13.8 Å². The predicted octanol–water partition coefficient (Wildman–Crippen LogP) is 3.99. The van der Waals surface area contributed by atoms with Crippen LogP contribution < -0.4 is 4.90 Å². The summed E-state index contributed by atoms with van der Waals surface area (Å²) in [5.41, 5.74) is 1.95. The summed E-state index contributed by atoms with van der Waals surface area (Å²) in [6, 6.07) is 8.48. The van der Waals surface area contributed by atoms with Gasteiger partial charge in [0.2, 0.25) is 0 Å². The molecule has 1 aromatic carbocycles. The van der Waals surface area contributed by atoms with Gasteiger partial charge in [-0.25, -0.2) is 0 Å². The molecule has 0 radical (unpaired) electrons. The zero-order valence-corrected chi connectivity index (χ0v) is 18.2. The maximum Gasteiger partial charge on any atom is 0.197 e. The highest BCUT2D eigenvalue weighted by molar-refractivity contribution is 7.13. The monoisotopic (exact) mass is 426 g/mol. The minimum atomic E-state index is 0.298. The van der Waals surface area contributed by atoms with Crippen LogP contribution in [-0.2, 0) is 19.4 Å². The lowest BCUT2D eigenvalue weighted by molar-refractivity contribution is 0.249. The Bertz CT molecular complexity index is 990. The Morgan fingerprint density at radius 3 is 2.27 bits per heavy atom. The van der Waals surface area contributed by atoms with E-state index in [1.807, 2.05) is 0 Å². The molecule has 1 aliphatic heterocycles. The van der Waals surface area contributed by atoms with Crippen molar-refractivity contribution in [3.63, 3.8) is 0 Å². The second-order valence-corrected chi connectivity index (χ2v) is 9.31. The molecule has 0 atom stereocenters. The van der Waals surface area contributed by atoms with Crippen LogP contribution in [0.4, 0.5) is 5.82 Å². The lowest BCUT2D eigenvalue weighted by Crippen LogP contribution is -2.46. The molecule has 6 nitrogen and oxygen atoms in total. The highest BCUT2D eigenvalue weighted by atomic mass is 32.1. The highest BCUT2D eigenvalue weighted by Gasteiger charge is 2.24. The van der Waals surface area contributed by atoms with Crippen LogP contribution in [-0.4, -0.2) is 56.8 Å². The fraction of sp³-hybridized carbons (Fsp3) is 0.522. The molecule has 160 valence electrons. The number of benzene rings is 1. The summed E-state index contributed by atoms with van der Waals surface area (Å²) in [5.74, 6) is 1.73. The Hall–Kier alpha value is -2.25. The maximum absolute atomic E-state index is 10.5. The van der Waals surface area contributed by atoms with E-state index in [0.29, 0.717) is 18.3 Å². The first-order chi connectivity index (χ1) is 14.7. The SMILES string of the molecule is Oc1c2c(c(O)n1CCCCN1CCN(c3nsc4ccccc34)CC1)CCCC2. The van der Waals surface area contributed by atoms with Gasteiger partial charge in [-0.2, -0.15) is 4.37 Å². The normalized spacial score (nSPS) is 17.5. The molecule has 5 rings (SSSR count). The first-order valence-electron chi connectivity index (χ1n) is 11.2. The van der Waals surface area contributed by atoms with E-state index < -0.39 is 0 Å². The molecule has 2 N–H and O–H groups in total. The predicted molar refractivity (Wildman–Crippen MR) is 122 cm³/mol. The molecule has 1 fully saturated rings. The first kappa shape index (κ1) is 19.7. The number of aromatic hydroxyl groups is 2. The molecule has 2 aliphatic rings. The Kier molecular flexibility index (Phi) is 5.56. The summed E-state index contributed by atoms with van der Waals surface area (Å²) >= 11 is 1.59. The molecule has 0 amide bonds. The lowest BCUT2D eigenvalue weighted by Gasteiger charge is -2.35. The van der Waals surface area contributed by atoms with Crippen LogP contribution in [0.3, 0.4) is 0 Å². The molecular formula is C23H30N4O2S. The highest BCUT2D eigenvalue weighted by Crippen LogP contribution is 2.38. The van der Waals surface area contributed by atoms with Gasteiger partial charge in [-0.3, -0.25) is 9.47 Å². The summed E-state index contributed by atoms with van der Waals surface area (Å²) in [6.45, 7) is 5.89. The Morgan fingerprint density at radius 2 is 1.53 bits per heavy atom. The van der Waals surface area contributed by atoms with Crippen molar-refractivity contribution >= 4 is 27.4 Å². The van der Waals surface area contributed by atoms with E-state index in [-0.39, 0.29) is 0 Å². The third-order valence-electron chi connectivity index (χ3n) is 6.66. The van der Waals surface area contributed by atoms with Gasteiger partial charge in [-0.1, -0.05) is 12.1 Å². The summed E-state index contributed by atoms with van der Waals surface area (Å²) in [5, 5.41) is 22.2. The van der Waals surface area contributed by atoms with Crippen LogP contribution in [0, 0.1) is 0 Å². The van der Waals surface area contributed by atoms with Gasteiger partial charge >= 0.3 is 0 Å². The third kappa shape index (κ3) is 3.65. The van der Waals surface area contributed by atoms with Crippen LogP contribution in [0.25, 0.3) is 10.1 Å². The lowest BCUT2D eigenvalue weighted by atomic mass is 9.95. The molecule has 0 bridgehead atoms. The maximum atomic E-state index is 10.5. The Labute approximate surface area is 181 Å². The van der Waals surface area contributed by atoms with Gasteiger partial charge in [0.25, 0.3) is 0 Å². The van der Waals surface area contributed by atoms with Crippen molar-refractivity contribution < 1.29 is 10.2 Å². The molecule has 0 saturated carbocycles. The number of unbranched alkanes of at least 4 members (excludes halogenated alkanes) is 1. The van der Waals surface area contributed by atoms with Crippen molar-refractivity contribution in [2.75, 3.05) is 37.6 Å². The standard InChI is InChI=1S/C23H30N4O2S/c28-22-17-7-1-2-8-18(17)23(29)27(22)12-6-5-11-25-13-15-26(16-14-25)21-19-9-3-4-10-20(19)30-24-21/h3-4,9-10,28-29H,1-2,5-8,11-16H2. The third-order valence-corrected chi connectivity index (χ3v) is 7.47. The van der Waals surface area contributed by atoms with Crippen molar-refractivity contribution in [2.24, 2.45) is 0 Å². The fourth-order valence-electron chi connectivity index (χ4n) is 4.93. The van der Waals surface area contributed by atoms with E-state index in [4.69, 9.17) is 4.37 Å². The van der Waals surface area contributed by atoms with E-state index >= 15 is 0 Å². The molecule has 0 spiro atoms. The Morgan fingerprint density at radius 1 is 0.867 bits per heavy atom. The van der Waals surface area contributed by atoms with Crippen LogP contribution in [0.5, 0.6) is 11.8 Å². The average molecular weight is 427 g/mol. The van der Waals surface area contributed by atoms with E-state index in [1.165, 1.54) is 10.1 Å². The zero-order valence-electron chi connectivity index (χ0n) is 17.4. The van der Waals surface area contributed by atoms with Crippen LogP contribution >= 0.6 is 11.5 Å². The minimum Gasteiger partial charge on any atom is -0.494 e. The van der Waals surface area contributed by atoms with Gasteiger partial charge in [-0.05, 0) is 68.7 Å². The van der Waals surface area contributed by atoms with E-state index in [9.17, 15) is 10.2 Å². The first-order valence-corrected chi connectivity index (χ1v) is 11.9. The molecule has 30 heavy (non-hydrogen) atoms. The molecule has 1 saturated heterocycles. The van der Waals surface area contributed by atoms with Crippen molar-refractivity contribution in [1.29, 1.82) is 0 Å². The fourth-order valence-corrected chi connectivity index (χ4v) is 5.72. The zero-order chi connectivity index (χ0) is 20.5. The van der Waals surface area contributed by atoms with Crippen molar-refractivity contribution in [2.45, 2.75) is 45.1 Å². The number of rotatable bonds is 6. The topological polar surface area (TPSA) is 64.8 Å². The summed E-state index contributed by atoms with van der Waals surface area (Å²) in [4.78, 5) is 4.93. The van der Waals surface area contributed by atoms with Crippen molar-refractivity contribution in [3.8, 4) is 11.8 Å². The van der Waals surface area contributed by atoms with E-state index in [2.05, 4.69) is 34.1 Å². The molecule has 1 aliphatic carbocycles.